The minimum Gasteiger partial charge on any atom is -0.382 e. The third-order valence-electron chi connectivity index (χ3n) is 3.63. The maximum Gasteiger partial charge on any atom is 0.0718 e. The molecule has 0 heterocycles. The Labute approximate surface area is 146 Å². The van der Waals surface area contributed by atoms with Crippen LogP contribution in [0, 0.1) is 0 Å². The molecule has 0 spiro atoms. The van der Waals surface area contributed by atoms with Crippen LogP contribution in [0.25, 0.3) is 11.1 Å². The second-order valence-electron chi connectivity index (χ2n) is 5.42. The first kappa shape index (κ1) is 20.6. The molecule has 4 heteroatoms. The average molecular weight is 334 g/mol. The van der Waals surface area contributed by atoms with Crippen LogP contribution < -0.4 is 0 Å². The smallest absolute Gasteiger partial charge is 0.0718 e. The molecule has 4 nitrogen and oxygen atoms in total. The van der Waals surface area contributed by atoms with Crippen LogP contribution >= 0.6 is 0 Å². The second kappa shape index (κ2) is 12.9. The molecule has 0 radical (unpaired) electrons. The van der Waals surface area contributed by atoms with E-state index in [-0.39, 0.29) is 0 Å². The lowest BCUT2D eigenvalue weighted by atomic mass is 10.0. The van der Waals surface area contributed by atoms with Gasteiger partial charge in [0, 0.05) is 7.11 Å². The SMILES string of the molecule is C=C(COCCOCCOCCOC)c1ccc(/C(C)=C/C)cc1. The summed E-state index contributed by atoms with van der Waals surface area (Å²) in [7, 11) is 1.66. The first-order valence-corrected chi connectivity index (χ1v) is 8.32. The first-order valence-electron chi connectivity index (χ1n) is 8.32. The van der Waals surface area contributed by atoms with Gasteiger partial charge in [0.05, 0.1) is 46.2 Å². The summed E-state index contributed by atoms with van der Waals surface area (Å²) < 4.78 is 21.2. The minimum absolute atomic E-state index is 0.510. The Kier molecular flexibility index (Phi) is 11.1. The van der Waals surface area contributed by atoms with E-state index in [4.69, 9.17) is 18.9 Å². The van der Waals surface area contributed by atoms with E-state index < -0.39 is 0 Å². The van der Waals surface area contributed by atoms with Gasteiger partial charge in [-0.3, -0.25) is 0 Å². The maximum atomic E-state index is 5.60. The molecule has 0 saturated heterocycles. The highest BCUT2D eigenvalue weighted by molar-refractivity contribution is 5.69. The fourth-order valence-corrected chi connectivity index (χ4v) is 2.00. The summed E-state index contributed by atoms with van der Waals surface area (Å²) in [6, 6.07) is 8.40. The van der Waals surface area contributed by atoms with Crippen LogP contribution in [0.1, 0.15) is 25.0 Å². The molecule has 1 aromatic carbocycles. The van der Waals surface area contributed by atoms with E-state index in [2.05, 4.69) is 43.8 Å². The van der Waals surface area contributed by atoms with Crippen molar-refractivity contribution in [2.24, 2.45) is 0 Å². The van der Waals surface area contributed by atoms with Crippen molar-refractivity contribution in [1.29, 1.82) is 0 Å². The monoisotopic (exact) mass is 334 g/mol. The van der Waals surface area contributed by atoms with E-state index in [1.165, 1.54) is 11.1 Å². The zero-order valence-corrected chi connectivity index (χ0v) is 15.2. The van der Waals surface area contributed by atoms with Gasteiger partial charge in [0.15, 0.2) is 0 Å². The second-order valence-corrected chi connectivity index (χ2v) is 5.42. The van der Waals surface area contributed by atoms with Crippen molar-refractivity contribution in [2.45, 2.75) is 13.8 Å². The van der Waals surface area contributed by atoms with Gasteiger partial charge in [-0.25, -0.2) is 0 Å². The Balaban J connectivity index is 2.11. The quantitative estimate of drug-likeness (QED) is 0.514. The van der Waals surface area contributed by atoms with Crippen molar-refractivity contribution in [2.75, 3.05) is 53.4 Å². The fraction of sp³-hybridized carbons (Fsp3) is 0.500. The zero-order valence-electron chi connectivity index (χ0n) is 15.2. The molecule has 0 amide bonds. The van der Waals surface area contributed by atoms with Crippen LogP contribution in [-0.4, -0.2) is 53.4 Å². The van der Waals surface area contributed by atoms with E-state index in [1.807, 2.05) is 6.92 Å². The number of methoxy groups -OCH3 is 1. The van der Waals surface area contributed by atoms with Crippen molar-refractivity contribution in [3.05, 3.63) is 48.0 Å². The minimum atomic E-state index is 0.510. The summed E-state index contributed by atoms with van der Waals surface area (Å²) in [5.41, 5.74) is 4.58. The molecule has 24 heavy (non-hydrogen) atoms. The first-order chi connectivity index (χ1) is 11.7. The van der Waals surface area contributed by atoms with Gasteiger partial charge < -0.3 is 18.9 Å². The van der Waals surface area contributed by atoms with Crippen molar-refractivity contribution in [3.8, 4) is 0 Å². The molecule has 0 aliphatic carbocycles. The third-order valence-corrected chi connectivity index (χ3v) is 3.63. The van der Waals surface area contributed by atoms with Crippen LogP contribution in [0.15, 0.2) is 36.9 Å². The summed E-state index contributed by atoms with van der Waals surface area (Å²) in [5, 5.41) is 0. The van der Waals surface area contributed by atoms with Crippen molar-refractivity contribution < 1.29 is 18.9 Å². The van der Waals surface area contributed by atoms with Crippen LogP contribution in [0.5, 0.6) is 0 Å². The summed E-state index contributed by atoms with van der Waals surface area (Å²) in [4.78, 5) is 0. The van der Waals surface area contributed by atoms with Crippen LogP contribution in [0.2, 0.25) is 0 Å². The standard InChI is InChI=1S/C20H30O4/c1-5-17(2)19-6-8-20(9-7-19)18(3)16-24-15-14-23-13-12-22-11-10-21-4/h5-9H,3,10-16H2,1-2,4H3/b17-5+. The highest BCUT2D eigenvalue weighted by Crippen LogP contribution is 2.18. The highest BCUT2D eigenvalue weighted by Gasteiger charge is 2.01. The predicted octanol–water partition coefficient (Wildman–Crippen LogP) is 3.82. The Bertz CT molecular complexity index is 491. The lowest BCUT2D eigenvalue weighted by molar-refractivity contribution is 0.00763. The molecule has 0 N–H and O–H groups in total. The summed E-state index contributed by atoms with van der Waals surface area (Å²) in [5.74, 6) is 0. The Morgan fingerprint density at radius 3 is 1.92 bits per heavy atom. The van der Waals surface area contributed by atoms with Crippen LogP contribution in [0.3, 0.4) is 0 Å². The van der Waals surface area contributed by atoms with Crippen molar-refractivity contribution in [1.82, 2.24) is 0 Å². The highest BCUT2D eigenvalue weighted by atomic mass is 16.6. The lowest BCUT2D eigenvalue weighted by Gasteiger charge is -2.09. The molecule has 0 unspecified atom stereocenters. The van der Waals surface area contributed by atoms with Crippen LogP contribution in [0.4, 0.5) is 0 Å². The number of benzene rings is 1. The van der Waals surface area contributed by atoms with Gasteiger partial charge in [0.25, 0.3) is 0 Å². The largest absolute Gasteiger partial charge is 0.382 e. The molecular formula is C20H30O4. The zero-order chi connectivity index (χ0) is 17.6. The Morgan fingerprint density at radius 2 is 1.38 bits per heavy atom. The topological polar surface area (TPSA) is 36.9 Å². The fourth-order valence-electron chi connectivity index (χ4n) is 2.00. The summed E-state index contributed by atoms with van der Waals surface area (Å²) in [6.45, 7) is 12.2. The third kappa shape index (κ3) is 8.41. The molecule has 1 rings (SSSR count). The van der Waals surface area contributed by atoms with Crippen molar-refractivity contribution in [3.63, 3.8) is 0 Å². The number of rotatable bonds is 13. The molecule has 0 bridgehead atoms. The van der Waals surface area contributed by atoms with Gasteiger partial charge in [-0.2, -0.15) is 0 Å². The Morgan fingerprint density at radius 1 is 0.875 bits per heavy atom. The van der Waals surface area contributed by atoms with Crippen LogP contribution in [-0.2, 0) is 18.9 Å². The molecule has 0 atom stereocenters. The van der Waals surface area contributed by atoms with Gasteiger partial charge >= 0.3 is 0 Å². The van der Waals surface area contributed by atoms with Gasteiger partial charge in [-0.1, -0.05) is 36.9 Å². The van der Waals surface area contributed by atoms with E-state index in [0.29, 0.717) is 46.2 Å². The molecule has 0 fully saturated rings. The molecular weight excluding hydrogens is 304 g/mol. The number of allylic oxidation sites excluding steroid dienone is 2. The molecule has 0 aromatic heterocycles. The van der Waals surface area contributed by atoms with E-state index in [0.717, 1.165) is 11.1 Å². The Hall–Kier alpha value is -1.46. The predicted molar refractivity (Wildman–Crippen MR) is 99.1 cm³/mol. The van der Waals surface area contributed by atoms with Gasteiger partial charge in [-0.05, 0) is 36.1 Å². The van der Waals surface area contributed by atoms with E-state index in [1.54, 1.807) is 7.11 Å². The van der Waals surface area contributed by atoms with Crippen molar-refractivity contribution >= 4 is 11.1 Å². The number of hydrogen-bond donors (Lipinski definition) is 0. The van der Waals surface area contributed by atoms with E-state index >= 15 is 0 Å². The average Bonchev–Trinajstić information content (AvgIpc) is 2.62. The molecule has 0 saturated carbocycles. The molecule has 134 valence electrons. The normalized spacial score (nSPS) is 11.7. The maximum absolute atomic E-state index is 5.60. The summed E-state index contributed by atoms with van der Waals surface area (Å²) >= 11 is 0. The number of hydrogen-bond acceptors (Lipinski definition) is 4. The molecule has 0 aliphatic heterocycles. The van der Waals surface area contributed by atoms with Gasteiger partial charge in [0.1, 0.15) is 0 Å². The molecule has 1 aromatic rings. The lowest BCUT2D eigenvalue weighted by Crippen LogP contribution is -2.11. The van der Waals surface area contributed by atoms with E-state index in [9.17, 15) is 0 Å². The van der Waals surface area contributed by atoms with Gasteiger partial charge in [0.2, 0.25) is 0 Å². The number of ether oxygens (including phenoxy) is 4. The van der Waals surface area contributed by atoms with Gasteiger partial charge in [-0.15, -0.1) is 0 Å². The molecule has 0 aliphatic rings. The summed E-state index contributed by atoms with van der Waals surface area (Å²) in [6.07, 6.45) is 2.11.